The maximum Gasteiger partial charge on any atom is 0.310 e. The quantitative estimate of drug-likeness (QED) is 0.124. The van der Waals surface area contributed by atoms with E-state index in [-0.39, 0.29) is 24.9 Å². The summed E-state index contributed by atoms with van der Waals surface area (Å²) in [6.45, 7) is 12.9. The van der Waals surface area contributed by atoms with E-state index in [4.69, 9.17) is 21.1 Å². The second-order valence-corrected chi connectivity index (χ2v) is 12.4. The lowest BCUT2D eigenvalue weighted by Gasteiger charge is -2.08. The van der Waals surface area contributed by atoms with Crippen LogP contribution in [0.5, 0.6) is 5.75 Å². The Morgan fingerprint density at radius 1 is 0.800 bits per heavy atom. The molecule has 0 spiro atoms. The molecule has 0 aliphatic heterocycles. The molecule has 0 aliphatic carbocycles. The van der Waals surface area contributed by atoms with Crippen LogP contribution >= 0.6 is 11.6 Å². The van der Waals surface area contributed by atoms with E-state index < -0.39 is 0 Å². The Labute approximate surface area is 274 Å². The number of hydrogen-bond acceptors (Lipinski definition) is 4. The van der Waals surface area contributed by atoms with E-state index in [9.17, 15) is 9.59 Å². The van der Waals surface area contributed by atoms with E-state index in [2.05, 4.69) is 52.8 Å². The van der Waals surface area contributed by atoms with Gasteiger partial charge in [-0.1, -0.05) is 52.1 Å². The van der Waals surface area contributed by atoms with E-state index in [1.807, 2.05) is 31.2 Å². The fraction of sp³-hybridized carbons (Fsp3) is 0.385. The van der Waals surface area contributed by atoms with Crippen molar-refractivity contribution in [3.8, 4) is 5.75 Å². The molecule has 3 aromatic rings. The van der Waals surface area contributed by atoms with Crippen molar-refractivity contribution in [1.82, 2.24) is 4.57 Å². The lowest BCUT2D eigenvalue weighted by atomic mass is 10.0. The first kappa shape index (κ1) is 35.6. The van der Waals surface area contributed by atoms with Crippen LogP contribution in [0.4, 0.5) is 0 Å². The molecule has 0 amide bonds. The molecular weight excluding hydrogens is 582 g/mol. The van der Waals surface area contributed by atoms with E-state index in [0.717, 1.165) is 49.5 Å². The number of carbonyl (C=O) groups excluding carboxylic acids is 2. The van der Waals surface area contributed by atoms with Crippen molar-refractivity contribution in [2.45, 2.75) is 86.5 Å². The molecule has 3 rings (SSSR count). The highest BCUT2D eigenvalue weighted by molar-refractivity contribution is 6.30. The number of aromatic nitrogens is 1. The SMILES string of the molecule is COc1ccc2c(c1)c(CC(=O)OCC=C(C)CCC=C(C)CCC=C(C)CCC=C(C)C)c(C)n2C(=O)c1ccc(Cl)cc1. The number of allylic oxidation sites excluding steroid dienone is 7. The molecule has 0 unspecified atom stereocenters. The summed E-state index contributed by atoms with van der Waals surface area (Å²) in [6.07, 6.45) is 15.3. The summed E-state index contributed by atoms with van der Waals surface area (Å²) < 4.78 is 12.7. The first-order valence-corrected chi connectivity index (χ1v) is 16.1. The van der Waals surface area contributed by atoms with Crippen molar-refractivity contribution in [3.05, 3.63) is 111 Å². The van der Waals surface area contributed by atoms with Gasteiger partial charge in [-0.3, -0.25) is 14.2 Å². The van der Waals surface area contributed by atoms with Gasteiger partial charge in [0, 0.05) is 21.7 Å². The molecule has 0 N–H and O–H groups in total. The Kier molecular flexibility index (Phi) is 13.9. The summed E-state index contributed by atoms with van der Waals surface area (Å²) >= 11 is 6.03. The number of fused-ring (bicyclic) bond motifs is 1. The smallest absolute Gasteiger partial charge is 0.310 e. The molecule has 0 radical (unpaired) electrons. The normalized spacial score (nSPS) is 12.4. The third kappa shape index (κ3) is 10.9. The fourth-order valence-corrected chi connectivity index (χ4v) is 5.38. The van der Waals surface area contributed by atoms with Gasteiger partial charge in [0.1, 0.15) is 12.4 Å². The molecule has 0 fully saturated rings. The molecule has 0 aliphatic rings. The number of hydrogen-bond donors (Lipinski definition) is 0. The second kappa shape index (κ2) is 17.6. The molecule has 240 valence electrons. The number of methoxy groups -OCH3 is 1. The fourth-order valence-electron chi connectivity index (χ4n) is 5.26. The van der Waals surface area contributed by atoms with Crippen LogP contribution < -0.4 is 4.74 Å². The van der Waals surface area contributed by atoms with E-state index in [0.29, 0.717) is 27.5 Å². The molecular formula is C39H48ClNO4. The van der Waals surface area contributed by atoms with Crippen molar-refractivity contribution in [3.63, 3.8) is 0 Å². The van der Waals surface area contributed by atoms with Crippen LogP contribution in [-0.2, 0) is 16.0 Å². The monoisotopic (exact) mass is 629 g/mol. The van der Waals surface area contributed by atoms with Crippen molar-refractivity contribution in [2.24, 2.45) is 0 Å². The molecule has 0 saturated heterocycles. The average molecular weight is 630 g/mol. The molecule has 5 nitrogen and oxygen atoms in total. The zero-order chi connectivity index (χ0) is 32.9. The predicted molar refractivity (Wildman–Crippen MR) is 187 cm³/mol. The zero-order valence-corrected chi connectivity index (χ0v) is 28.7. The Balaban J connectivity index is 1.57. The summed E-state index contributed by atoms with van der Waals surface area (Å²) in [4.78, 5) is 26.5. The Hall–Kier alpha value is -3.83. The molecule has 0 saturated carbocycles. The molecule has 0 bridgehead atoms. The third-order valence-corrected chi connectivity index (χ3v) is 8.24. The number of rotatable bonds is 15. The van der Waals surface area contributed by atoms with E-state index in [1.54, 1.807) is 35.9 Å². The summed E-state index contributed by atoms with van der Waals surface area (Å²) in [6, 6.07) is 12.3. The summed E-state index contributed by atoms with van der Waals surface area (Å²) in [5, 5.41) is 1.35. The summed E-state index contributed by atoms with van der Waals surface area (Å²) in [5.74, 6) is 0.115. The predicted octanol–water partition coefficient (Wildman–Crippen LogP) is 10.5. The summed E-state index contributed by atoms with van der Waals surface area (Å²) in [5.41, 5.74) is 8.09. The molecule has 45 heavy (non-hydrogen) atoms. The summed E-state index contributed by atoms with van der Waals surface area (Å²) in [7, 11) is 1.59. The number of carbonyl (C=O) groups is 2. The molecule has 1 aromatic heterocycles. The Morgan fingerprint density at radius 3 is 1.96 bits per heavy atom. The lowest BCUT2D eigenvalue weighted by molar-refractivity contribution is -0.141. The first-order valence-electron chi connectivity index (χ1n) is 15.7. The molecule has 0 atom stereocenters. The topological polar surface area (TPSA) is 57.5 Å². The van der Waals surface area contributed by atoms with Crippen LogP contribution in [0.2, 0.25) is 5.02 Å². The molecule has 2 aromatic carbocycles. The van der Waals surface area contributed by atoms with E-state index >= 15 is 0 Å². The van der Waals surface area contributed by atoms with Crippen LogP contribution in [0.25, 0.3) is 10.9 Å². The minimum Gasteiger partial charge on any atom is -0.497 e. The van der Waals surface area contributed by atoms with Gasteiger partial charge in [0.2, 0.25) is 0 Å². The van der Waals surface area contributed by atoms with Crippen LogP contribution in [0, 0.1) is 6.92 Å². The van der Waals surface area contributed by atoms with Crippen molar-refractivity contribution in [2.75, 3.05) is 13.7 Å². The van der Waals surface area contributed by atoms with Crippen LogP contribution in [0.1, 0.15) is 94.8 Å². The number of esters is 1. The Morgan fingerprint density at radius 2 is 1.38 bits per heavy atom. The number of benzene rings is 2. The van der Waals surface area contributed by atoms with Gasteiger partial charge in [-0.25, -0.2) is 0 Å². The standard InChI is InChI=1S/C39H48ClNO4/c1-27(2)11-8-12-28(3)13-9-14-29(4)15-10-16-30(5)23-24-45-38(42)26-35-31(6)41(37-22-21-34(44-7)25-36(35)37)39(43)32-17-19-33(40)20-18-32/h11,13,15,17-23,25H,8-10,12,14,16,24,26H2,1-7H3. The van der Waals surface area contributed by atoms with Crippen molar-refractivity contribution in [1.29, 1.82) is 0 Å². The third-order valence-electron chi connectivity index (χ3n) is 7.99. The van der Waals surface area contributed by atoms with Gasteiger partial charge >= 0.3 is 5.97 Å². The lowest BCUT2D eigenvalue weighted by Crippen LogP contribution is -2.14. The van der Waals surface area contributed by atoms with Gasteiger partial charge in [-0.2, -0.15) is 0 Å². The average Bonchev–Trinajstić information content (AvgIpc) is 3.26. The highest BCUT2D eigenvalue weighted by Gasteiger charge is 2.22. The van der Waals surface area contributed by atoms with Crippen molar-refractivity contribution >= 4 is 34.4 Å². The largest absolute Gasteiger partial charge is 0.497 e. The van der Waals surface area contributed by atoms with Gasteiger partial charge in [0.05, 0.1) is 19.0 Å². The van der Waals surface area contributed by atoms with Gasteiger partial charge < -0.3 is 9.47 Å². The van der Waals surface area contributed by atoms with Gasteiger partial charge in [-0.05, 0) is 134 Å². The van der Waals surface area contributed by atoms with Crippen molar-refractivity contribution < 1.29 is 19.1 Å². The van der Waals surface area contributed by atoms with Gasteiger partial charge in [-0.15, -0.1) is 0 Å². The van der Waals surface area contributed by atoms with Gasteiger partial charge in [0.15, 0.2) is 0 Å². The Bertz CT molecular complexity index is 1600. The molecule has 6 heteroatoms. The number of ether oxygens (including phenoxy) is 2. The van der Waals surface area contributed by atoms with Crippen LogP contribution in [0.15, 0.2) is 89.1 Å². The maximum atomic E-state index is 13.5. The minimum absolute atomic E-state index is 0.0497. The minimum atomic E-state index is -0.345. The number of nitrogens with zero attached hydrogens (tertiary/aromatic N) is 1. The van der Waals surface area contributed by atoms with E-state index in [1.165, 1.54) is 22.3 Å². The zero-order valence-electron chi connectivity index (χ0n) is 28.0. The second-order valence-electron chi connectivity index (χ2n) is 12.0. The molecule has 1 heterocycles. The van der Waals surface area contributed by atoms with Crippen LogP contribution in [-0.4, -0.2) is 30.2 Å². The highest BCUT2D eigenvalue weighted by atomic mass is 35.5. The van der Waals surface area contributed by atoms with Crippen LogP contribution in [0.3, 0.4) is 0 Å². The van der Waals surface area contributed by atoms with Gasteiger partial charge in [0.25, 0.3) is 5.91 Å². The number of halogens is 1. The first-order chi connectivity index (χ1) is 21.5. The highest BCUT2D eigenvalue weighted by Crippen LogP contribution is 2.31. The maximum absolute atomic E-state index is 13.5.